The molecule has 0 saturated heterocycles. The van der Waals surface area contributed by atoms with E-state index in [0.29, 0.717) is 35.4 Å². The molecule has 5 rings (SSSR count). The van der Waals surface area contributed by atoms with Crippen molar-refractivity contribution in [3.8, 4) is 0 Å². The summed E-state index contributed by atoms with van der Waals surface area (Å²) in [6.07, 6.45) is 0.537. The van der Waals surface area contributed by atoms with Crippen LogP contribution in [0.2, 0.25) is 20.1 Å². The maximum absolute atomic E-state index is 6.67. The minimum absolute atomic E-state index is 0.227. The van der Waals surface area contributed by atoms with Crippen LogP contribution in [0.4, 0.5) is 0 Å². The van der Waals surface area contributed by atoms with Crippen LogP contribution in [0.1, 0.15) is 47.3 Å². The van der Waals surface area contributed by atoms with Crippen molar-refractivity contribution in [3.63, 3.8) is 0 Å². The molecule has 2 aliphatic rings. The van der Waals surface area contributed by atoms with Crippen LogP contribution in [0.25, 0.3) is 0 Å². The van der Waals surface area contributed by atoms with Crippen molar-refractivity contribution in [2.75, 3.05) is 0 Å². The summed E-state index contributed by atoms with van der Waals surface area (Å²) < 4.78 is 0. The predicted octanol–water partition coefficient (Wildman–Crippen LogP) is 8.03. The van der Waals surface area contributed by atoms with Crippen LogP contribution in [-0.2, 0) is 9.68 Å². The highest BCUT2D eigenvalue weighted by Crippen LogP contribution is 2.46. The van der Waals surface area contributed by atoms with E-state index in [0.717, 1.165) is 11.1 Å². The SMILES string of the molecule is Clc1c(Cl)c(C2=NOC(c3ccccc3)C2)c(Cl)c(Cl)c1C1=NOC(c2ccccc2)C1. The van der Waals surface area contributed by atoms with Gasteiger partial charge in [-0.15, -0.1) is 0 Å². The Morgan fingerprint density at radius 3 is 1.25 bits per heavy atom. The highest BCUT2D eigenvalue weighted by Gasteiger charge is 2.33. The molecular formula is C24H16Cl4N2O2. The number of nitrogens with zero attached hydrogens (tertiary/aromatic N) is 2. The van der Waals surface area contributed by atoms with Gasteiger partial charge < -0.3 is 9.68 Å². The highest BCUT2D eigenvalue weighted by atomic mass is 35.5. The molecule has 0 fully saturated rings. The monoisotopic (exact) mass is 504 g/mol. The van der Waals surface area contributed by atoms with Crippen molar-refractivity contribution in [2.45, 2.75) is 25.0 Å². The van der Waals surface area contributed by atoms with Crippen LogP contribution in [0.15, 0.2) is 71.0 Å². The van der Waals surface area contributed by atoms with Crippen molar-refractivity contribution < 1.29 is 9.68 Å². The third-order valence-corrected chi connectivity index (χ3v) is 7.23. The maximum Gasteiger partial charge on any atom is 0.158 e. The number of benzene rings is 3. The van der Waals surface area contributed by atoms with E-state index >= 15 is 0 Å². The van der Waals surface area contributed by atoms with Crippen LogP contribution in [-0.4, -0.2) is 11.4 Å². The Balaban J connectivity index is 1.45. The smallest absolute Gasteiger partial charge is 0.158 e. The molecule has 0 radical (unpaired) electrons. The fourth-order valence-corrected chi connectivity index (χ4v) is 5.17. The van der Waals surface area contributed by atoms with Gasteiger partial charge in [0.15, 0.2) is 12.2 Å². The molecule has 162 valence electrons. The molecule has 2 unspecified atom stereocenters. The number of oxime groups is 2. The first kappa shape index (κ1) is 21.6. The Labute approximate surface area is 205 Å². The van der Waals surface area contributed by atoms with E-state index in [1.165, 1.54) is 0 Å². The fourth-order valence-electron chi connectivity index (χ4n) is 3.88. The van der Waals surface area contributed by atoms with Crippen molar-refractivity contribution in [1.82, 2.24) is 0 Å². The fraction of sp³-hybridized carbons (Fsp3) is 0.167. The topological polar surface area (TPSA) is 43.2 Å². The van der Waals surface area contributed by atoms with Gasteiger partial charge in [0.1, 0.15) is 0 Å². The lowest BCUT2D eigenvalue weighted by Crippen LogP contribution is -2.08. The number of rotatable bonds is 4. The molecule has 3 aromatic rings. The second-order valence-corrected chi connectivity index (χ2v) is 9.01. The molecule has 2 atom stereocenters. The molecule has 3 aromatic carbocycles. The lowest BCUT2D eigenvalue weighted by Gasteiger charge is -2.15. The largest absolute Gasteiger partial charge is 0.387 e. The first-order valence-electron chi connectivity index (χ1n) is 9.96. The molecule has 32 heavy (non-hydrogen) atoms. The summed E-state index contributed by atoms with van der Waals surface area (Å²) in [5, 5.41) is 9.49. The maximum atomic E-state index is 6.67. The first-order valence-corrected chi connectivity index (χ1v) is 11.5. The number of halogens is 4. The lowest BCUT2D eigenvalue weighted by atomic mass is 9.96. The summed E-state index contributed by atoms with van der Waals surface area (Å²) in [7, 11) is 0. The van der Waals surface area contributed by atoms with Gasteiger partial charge in [-0.25, -0.2) is 0 Å². The zero-order valence-electron chi connectivity index (χ0n) is 16.6. The molecular weight excluding hydrogens is 490 g/mol. The van der Waals surface area contributed by atoms with E-state index in [-0.39, 0.29) is 32.3 Å². The minimum Gasteiger partial charge on any atom is -0.387 e. The number of hydrogen-bond donors (Lipinski definition) is 0. The molecule has 0 aliphatic carbocycles. The zero-order valence-corrected chi connectivity index (χ0v) is 19.6. The van der Waals surface area contributed by atoms with Crippen molar-refractivity contribution in [2.24, 2.45) is 10.3 Å². The normalized spacial score (nSPS) is 19.9. The molecule has 0 bridgehead atoms. The number of hydrogen-bond acceptors (Lipinski definition) is 4. The Morgan fingerprint density at radius 2 is 0.906 bits per heavy atom. The molecule has 2 heterocycles. The Morgan fingerprint density at radius 1 is 0.562 bits per heavy atom. The van der Waals surface area contributed by atoms with E-state index in [9.17, 15) is 0 Å². The van der Waals surface area contributed by atoms with Crippen molar-refractivity contribution in [1.29, 1.82) is 0 Å². The highest BCUT2D eigenvalue weighted by molar-refractivity contribution is 6.53. The first-order chi connectivity index (χ1) is 15.5. The second-order valence-electron chi connectivity index (χ2n) is 7.50. The average molecular weight is 506 g/mol. The van der Waals surface area contributed by atoms with E-state index < -0.39 is 0 Å². The van der Waals surface area contributed by atoms with Gasteiger partial charge in [-0.2, -0.15) is 0 Å². The van der Waals surface area contributed by atoms with Crippen LogP contribution in [0.5, 0.6) is 0 Å². The summed E-state index contributed by atoms with van der Waals surface area (Å²) in [4.78, 5) is 11.3. The molecule has 2 aliphatic heterocycles. The van der Waals surface area contributed by atoms with Gasteiger partial charge in [0, 0.05) is 24.0 Å². The van der Waals surface area contributed by atoms with Gasteiger partial charge in [-0.1, -0.05) is 117 Å². The van der Waals surface area contributed by atoms with Gasteiger partial charge in [0.05, 0.1) is 31.5 Å². The van der Waals surface area contributed by atoms with Crippen molar-refractivity contribution >= 4 is 57.8 Å². The van der Waals surface area contributed by atoms with Gasteiger partial charge in [-0.3, -0.25) is 0 Å². The van der Waals surface area contributed by atoms with Gasteiger partial charge in [0.25, 0.3) is 0 Å². The Hall–Kier alpha value is -2.24. The van der Waals surface area contributed by atoms with Gasteiger partial charge in [-0.05, 0) is 11.1 Å². The summed E-state index contributed by atoms with van der Waals surface area (Å²) in [6, 6.07) is 19.6. The zero-order chi connectivity index (χ0) is 22.2. The van der Waals surface area contributed by atoms with E-state index in [1.807, 2.05) is 60.7 Å². The average Bonchev–Trinajstić information content (AvgIpc) is 3.50. The van der Waals surface area contributed by atoms with Gasteiger partial charge >= 0.3 is 0 Å². The van der Waals surface area contributed by atoms with Crippen LogP contribution >= 0.6 is 46.4 Å². The second kappa shape index (κ2) is 8.95. The summed E-state index contributed by atoms with van der Waals surface area (Å²) in [5.41, 5.74) is 4.16. The summed E-state index contributed by atoms with van der Waals surface area (Å²) in [6.45, 7) is 0. The lowest BCUT2D eigenvalue weighted by molar-refractivity contribution is 0.0856. The summed E-state index contributed by atoms with van der Waals surface area (Å²) >= 11 is 26.7. The Bertz CT molecular complexity index is 1100. The van der Waals surface area contributed by atoms with Crippen LogP contribution in [0.3, 0.4) is 0 Å². The molecule has 0 N–H and O–H groups in total. The van der Waals surface area contributed by atoms with Crippen molar-refractivity contribution in [3.05, 3.63) is 103 Å². The Kier molecular flexibility index (Phi) is 6.04. The summed E-state index contributed by atoms with van der Waals surface area (Å²) in [5.74, 6) is 0. The molecule has 0 saturated carbocycles. The third-order valence-electron chi connectivity index (χ3n) is 5.52. The molecule has 0 spiro atoms. The third kappa shape index (κ3) is 3.86. The van der Waals surface area contributed by atoms with Gasteiger partial charge in [0.2, 0.25) is 0 Å². The molecule has 0 amide bonds. The molecule has 0 aromatic heterocycles. The predicted molar refractivity (Wildman–Crippen MR) is 129 cm³/mol. The van der Waals surface area contributed by atoms with Crippen LogP contribution < -0.4 is 0 Å². The van der Waals surface area contributed by atoms with E-state index in [4.69, 9.17) is 56.1 Å². The molecule has 4 nitrogen and oxygen atoms in total. The molecule has 8 heteroatoms. The quantitative estimate of drug-likeness (QED) is 0.337. The van der Waals surface area contributed by atoms with Crippen LogP contribution in [0, 0.1) is 0 Å². The van der Waals surface area contributed by atoms with E-state index in [2.05, 4.69) is 10.3 Å². The minimum atomic E-state index is -0.227. The van der Waals surface area contributed by atoms with E-state index in [1.54, 1.807) is 0 Å². The standard InChI is InChI=1S/C24H16Cl4N2O2/c25-21-19(15-11-17(31-29-15)13-7-3-1-4-8-13)22(26)24(28)20(23(21)27)16-12-18(32-30-16)14-9-5-2-6-10-14/h1-10,17-18H,11-12H2.